The van der Waals surface area contributed by atoms with Crippen LogP contribution in [0, 0.1) is 0 Å². The molecule has 0 aromatic rings. The van der Waals surface area contributed by atoms with Crippen LogP contribution in [-0.2, 0) is 14.3 Å². The summed E-state index contributed by atoms with van der Waals surface area (Å²) in [5.41, 5.74) is 0.837. The van der Waals surface area contributed by atoms with Crippen LogP contribution in [0.15, 0.2) is 24.3 Å². The third kappa shape index (κ3) is 4.66. The van der Waals surface area contributed by atoms with E-state index in [-0.39, 0.29) is 5.12 Å². The largest absolute Gasteiger partial charge is 0.465 e. The standard InChI is InChI=1S/C12H18O3S/c1-6-9(3)8-12(5,16-10(4)13)11(14)15-7-2/h6,8H,1,7H2,2-5H3. The maximum absolute atomic E-state index is 11.8. The summed E-state index contributed by atoms with van der Waals surface area (Å²) >= 11 is 0.956. The first-order valence-electron chi connectivity index (χ1n) is 5.04. The molecular weight excluding hydrogens is 224 g/mol. The molecule has 3 nitrogen and oxygen atoms in total. The maximum atomic E-state index is 11.8. The third-order valence-corrected chi connectivity index (χ3v) is 2.86. The van der Waals surface area contributed by atoms with E-state index in [0.717, 1.165) is 17.3 Å². The van der Waals surface area contributed by atoms with Crippen molar-refractivity contribution in [3.63, 3.8) is 0 Å². The number of esters is 1. The van der Waals surface area contributed by atoms with Gasteiger partial charge in [0, 0.05) is 6.92 Å². The molecule has 1 unspecified atom stereocenters. The Morgan fingerprint density at radius 1 is 1.44 bits per heavy atom. The van der Waals surface area contributed by atoms with E-state index in [1.807, 2.05) is 6.92 Å². The van der Waals surface area contributed by atoms with E-state index in [9.17, 15) is 9.59 Å². The number of hydrogen-bond acceptors (Lipinski definition) is 4. The number of hydrogen-bond donors (Lipinski definition) is 0. The molecule has 0 amide bonds. The van der Waals surface area contributed by atoms with Crippen molar-refractivity contribution in [2.24, 2.45) is 0 Å². The van der Waals surface area contributed by atoms with Gasteiger partial charge in [0.25, 0.3) is 0 Å². The Kier molecular flexibility index (Phi) is 6.11. The first-order valence-corrected chi connectivity index (χ1v) is 5.86. The zero-order valence-corrected chi connectivity index (χ0v) is 11.0. The summed E-state index contributed by atoms with van der Waals surface area (Å²) in [7, 11) is 0. The summed E-state index contributed by atoms with van der Waals surface area (Å²) in [4.78, 5) is 22.9. The van der Waals surface area contributed by atoms with Crippen LogP contribution in [-0.4, -0.2) is 22.4 Å². The molecule has 0 spiro atoms. The van der Waals surface area contributed by atoms with Crippen molar-refractivity contribution in [1.82, 2.24) is 0 Å². The van der Waals surface area contributed by atoms with Gasteiger partial charge >= 0.3 is 5.97 Å². The highest BCUT2D eigenvalue weighted by atomic mass is 32.2. The summed E-state index contributed by atoms with van der Waals surface area (Å²) in [6.45, 7) is 10.6. The van der Waals surface area contributed by atoms with Crippen LogP contribution in [0.4, 0.5) is 0 Å². The molecule has 0 bridgehead atoms. The minimum Gasteiger partial charge on any atom is -0.465 e. The molecule has 0 saturated carbocycles. The van der Waals surface area contributed by atoms with Gasteiger partial charge in [0.2, 0.25) is 0 Å². The lowest BCUT2D eigenvalue weighted by Crippen LogP contribution is -2.33. The second-order valence-corrected chi connectivity index (χ2v) is 5.14. The van der Waals surface area contributed by atoms with E-state index in [1.54, 1.807) is 26.0 Å². The Balaban J connectivity index is 5.09. The molecule has 0 saturated heterocycles. The number of ether oxygens (including phenoxy) is 1. The molecule has 0 rings (SSSR count). The van der Waals surface area contributed by atoms with Crippen molar-refractivity contribution in [2.75, 3.05) is 6.61 Å². The average molecular weight is 242 g/mol. The van der Waals surface area contributed by atoms with Gasteiger partial charge in [0.05, 0.1) is 6.61 Å². The van der Waals surface area contributed by atoms with Crippen molar-refractivity contribution in [1.29, 1.82) is 0 Å². The molecule has 1 atom stereocenters. The van der Waals surface area contributed by atoms with Crippen LogP contribution >= 0.6 is 11.8 Å². The molecule has 0 aromatic heterocycles. The lowest BCUT2D eigenvalue weighted by molar-refractivity contribution is -0.144. The van der Waals surface area contributed by atoms with Crippen LogP contribution in [0.5, 0.6) is 0 Å². The Morgan fingerprint density at radius 2 is 2.00 bits per heavy atom. The second-order valence-electron chi connectivity index (χ2n) is 3.51. The average Bonchev–Trinajstić information content (AvgIpc) is 2.16. The predicted octanol–water partition coefficient (Wildman–Crippen LogP) is 2.72. The van der Waals surface area contributed by atoms with Crippen molar-refractivity contribution in [2.45, 2.75) is 32.4 Å². The zero-order chi connectivity index (χ0) is 12.8. The zero-order valence-electron chi connectivity index (χ0n) is 10.2. The lowest BCUT2D eigenvalue weighted by Gasteiger charge is -2.22. The predicted molar refractivity (Wildman–Crippen MR) is 67.3 cm³/mol. The Hall–Kier alpha value is -1.03. The third-order valence-electron chi connectivity index (χ3n) is 1.86. The molecule has 0 N–H and O–H groups in total. The Labute approximate surface area is 101 Å². The fraction of sp³-hybridized carbons (Fsp3) is 0.500. The summed E-state index contributed by atoms with van der Waals surface area (Å²) in [5, 5.41) is -0.122. The smallest absolute Gasteiger partial charge is 0.326 e. The maximum Gasteiger partial charge on any atom is 0.326 e. The summed E-state index contributed by atoms with van der Waals surface area (Å²) in [6.07, 6.45) is 3.34. The fourth-order valence-electron chi connectivity index (χ4n) is 1.20. The molecule has 16 heavy (non-hydrogen) atoms. The van der Waals surface area contributed by atoms with Crippen molar-refractivity contribution >= 4 is 22.8 Å². The number of carbonyl (C=O) groups is 2. The summed E-state index contributed by atoms with van der Waals surface area (Å²) in [6, 6.07) is 0. The highest BCUT2D eigenvalue weighted by molar-refractivity contribution is 8.15. The van der Waals surface area contributed by atoms with Crippen LogP contribution in [0.1, 0.15) is 27.7 Å². The highest BCUT2D eigenvalue weighted by Gasteiger charge is 2.35. The molecular formula is C12H18O3S. The van der Waals surface area contributed by atoms with Crippen LogP contribution in [0.25, 0.3) is 0 Å². The van der Waals surface area contributed by atoms with Gasteiger partial charge in [-0.15, -0.1) is 0 Å². The fourth-order valence-corrected chi connectivity index (χ4v) is 2.18. The van der Waals surface area contributed by atoms with Gasteiger partial charge in [-0.05, 0) is 20.8 Å². The van der Waals surface area contributed by atoms with Gasteiger partial charge in [-0.1, -0.05) is 36.1 Å². The first kappa shape index (κ1) is 15.0. The number of carbonyl (C=O) groups excluding carboxylic acids is 2. The van der Waals surface area contributed by atoms with Crippen LogP contribution in [0.3, 0.4) is 0 Å². The number of allylic oxidation sites excluding steroid dienone is 2. The first-order chi connectivity index (χ1) is 7.35. The SMILES string of the molecule is C=CC(C)=CC(C)(SC(C)=O)C(=O)OCC. The van der Waals surface area contributed by atoms with Crippen molar-refractivity contribution < 1.29 is 14.3 Å². The van der Waals surface area contributed by atoms with E-state index < -0.39 is 10.7 Å². The van der Waals surface area contributed by atoms with Crippen LogP contribution in [0.2, 0.25) is 0 Å². The van der Waals surface area contributed by atoms with E-state index in [4.69, 9.17) is 4.74 Å². The number of thioether (sulfide) groups is 1. The molecule has 0 heterocycles. The molecule has 0 radical (unpaired) electrons. The highest BCUT2D eigenvalue weighted by Crippen LogP contribution is 2.30. The molecule has 4 heteroatoms. The van der Waals surface area contributed by atoms with Gasteiger partial charge in [-0.2, -0.15) is 0 Å². The van der Waals surface area contributed by atoms with Gasteiger partial charge in [0.15, 0.2) is 5.12 Å². The summed E-state index contributed by atoms with van der Waals surface area (Å²) < 4.78 is 3.99. The van der Waals surface area contributed by atoms with Crippen LogP contribution < -0.4 is 0 Å². The molecule has 0 fully saturated rings. The quantitative estimate of drug-likeness (QED) is 0.549. The van der Waals surface area contributed by atoms with Gasteiger partial charge in [-0.3, -0.25) is 9.59 Å². The van der Waals surface area contributed by atoms with Gasteiger partial charge < -0.3 is 4.74 Å². The minimum atomic E-state index is -0.972. The van der Waals surface area contributed by atoms with E-state index in [0.29, 0.717) is 6.61 Å². The molecule has 0 aliphatic heterocycles. The van der Waals surface area contributed by atoms with Crippen molar-refractivity contribution in [3.05, 3.63) is 24.3 Å². The molecule has 0 aliphatic carbocycles. The lowest BCUT2D eigenvalue weighted by atomic mass is 10.1. The molecule has 90 valence electrons. The summed E-state index contributed by atoms with van der Waals surface area (Å²) in [5.74, 6) is -0.406. The monoisotopic (exact) mass is 242 g/mol. The van der Waals surface area contributed by atoms with Crippen molar-refractivity contribution in [3.8, 4) is 0 Å². The minimum absolute atomic E-state index is 0.122. The van der Waals surface area contributed by atoms with E-state index in [1.165, 1.54) is 6.92 Å². The normalized spacial score (nSPS) is 15.1. The number of rotatable bonds is 5. The molecule has 0 aliphatic rings. The van der Waals surface area contributed by atoms with Gasteiger partial charge in [-0.25, -0.2) is 0 Å². The second kappa shape index (κ2) is 6.53. The van der Waals surface area contributed by atoms with E-state index in [2.05, 4.69) is 6.58 Å². The molecule has 0 aromatic carbocycles. The topological polar surface area (TPSA) is 43.4 Å². The Bertz CT molecular complexity index is 320. The Morgan fingerprint density at radius 3 is 2.38 bits per heavy atom. The van der Waals surface area contributed by atoms with Gasteiger partial charge in [0.1, 0.15) is 4.75 Å². The van der Waals surface area contributed by atoms with E-state index >= 15 is 0 Å².